The molecule has 0 spiro atoms. The molecule has 0 bridgehead atoms. The predicted molar refractivity (Wildman–Crippen MR) is 135 cm³/mol. The van der Waals surface area contributed by atoms with Crippen LogP contribution in [0.4, 0.5) is 0 Å². The second kappa shape index (κ2) is 12.2. The van der Waals surface area contributed by atoms with Crippen LogP contribution in [0.25, 0.3) is 10.8 Å². The number of aromatic nitrogens is 1. The van der Waals surface area contributed by atoms with E-state index in [0.29, 0.717) is 6.54 Å². The Morgan fingerprint density at radius 3 is 2.42 bits per heavy atom. The highest BCUT2D eigenvalue weighted by molar-refractivity contribution is 5.84. The molecule has 4 rings (SSSR count). The summed E-state index contributed by atoms with van der Waals surface area (Å²) in [6.07, 6.45) is 6.53. The summed E-state index contributed by atoms with van der Waals surface area (Å²) in [5.74, 6) is 0.937. The van der Waals surface area contributed by atoms with Crippen molar-refractivity contribution in [3.63, 3.8) is 0 Å². The Kier molecular flexibility index (Phi) is 8.56. The van der Waals surface area contributed by atoms with Crippen LogP contribution in [0.5, 0.6) is 5.75 Å². The van der Waals surface area contributed by atoms with Gasteiger partial charge in [0.25, 0.3) is 0 Å². The van der Waals surface area contributed by atoms with Crippen molar-refractivity contribution in [3.8, 4) is 5.75 Å². The van der Waals surface area contributed by atoms with E-state index in [4.69, 9.17) is 4.74 Å². The Hall–Kier alpha value is -3.08. The Morgan fingerprint density at radius 2 is 1.61 bits per heavy atom. The van der Waals surface area contributed by atoms with E-state index in [-0.39, 0.29) is 6.61 Å². The molecule has 0 radical (unpaired) electrons. The minimum atomic E-state index is 0.154. The number of H-pyrrole nitrogens is 1. The van der Waals surface area contributed by atoms with Gasteiger partial charge < -0.3 is 14.8 Å². The summed E-state index contributed by atoms with van der Waals surface area (Å²) in [7, 11) is 0. The minimum absolute atomic E-state index is 0.154. The number of aliphatic hydroxyl groups excluding tert-OH is 1. The zero-order chi connectivity index (χ0) is 22.7. The maximum absolute atomic E-state index is 9.45. The maximum Gasteiger partial charge on any atom is 0.119 e. The molecule has 1 heterocycles. The summed E-state index contributed by atoms with van der Waals surface area (Å²) >= 11 is 0. The lowest BCUT2D eigenvalue weighted by atomic mass is 10.1. The van der Waals surface area contributed by atoms with E-state index in [1.165, 1.54) is 34.7 Å². The Bertz CT molecular complexity index is 1090. The van der Waals surface area contributed by atoms with E-state index in [1.54, 1.807) is 0 Å². The fraction of sp³-hybridized carbons (Fsp3) is 0.310. The molecular formula is C29H34N2O2. The van der Waals surface area contributed by atoms with E-state index in [9.17, 15) is 5.11 Å². The molecular weight excluding hydrogens is 408 g/mol. The highest BCUT2D eigenvalue weighted by Crippen LogP contribution is 2.23. The van der Waals surface area contributed by atoms with E-state index in [2.05, 4.69) is 82.7 Å². The van der Waals surface area contributed by atoms with Crippen molar-refractivity contribution in [1.29, 1.82) is 0 Å². The van der Waals surface area contributed by atoms with Crippen LogP contribution in [0.15, 0.2) is 85.1 Å². The number of nitrogens with zero attached hydrogens (tertiary/aromatic N) is 1. The molecule has 0 saturated carbocycles. The molecule has 0 fully saturated rings. The fourth-order valence-corrected chi connectivity index (χ4v) is 4.22. The number of hydrogen-bond donors (Lipinski definition) is 2. The average Bonchev–Trinajstić information content (AvgIpc) is 3.35. The first-order valence-corrected chi connectivity index (χ1v) is 11.9. The molecule has 0 aliphatic rings. The lowest BCUT2D eigenvalue weighted by Gasteiger charge is -2.21. The molecule has 3 aromatic carbocycles. The number of aromatic amines is 1. The predicted octanol–water partition coefficient (Wildman–Crippen LogP) is 5.95. The smallest absolute Gasteiger partial charge is 0.119 e. The van der Waals surface area contributed by atoms with Crippen molar-refractivity contribution in [2.45, 2.75) is 38.8 Å². The van der Waals surface area contributed by atoms with E-state index >= 15 is 0 Å². The lowest BCUT2D eigenvalue weighted by molar-refractivity contribution is 0.183. The summed E-state index contributed by atoms with van der Waals surface area (Å²) in [6, 6.07) is 27.7. The third-order valence-corrected chi connectivity index (χ3v) is 5.98. The summed E-state index contributed by atoms with van der Waals surface area (Å²) in [6.45, 7) is 3.16. The van der Waals surface area contributed by atoms with Gasteiger partial charge in [0, 0.05) is 31.5 Å². The summed E-state index contributed by atoms with van der Waals surface area (Å²) in [4.78, 5) is 5.50. The summed E-state index contributed by atoms with van der Waals surface area (Å²) < 4.78 is 6.01. The number of aryl methyl sites for hydroxylation is 1. The maximum atomic E-state index is 9.45. The normalized spacial score (nSPS) is 11.3. The molecule has 4 heteroatoms. The van der Waals surface area contributed by atoms with Gasteiger partial charge in [-0.1, -0.05) is 48.5 Å². The Balaban J connectivity index is 1.26. The third-order valence-electron chi connectivity index (χ3n) is 5.98. The molecule has 1 aromatic heterocycles. The zero-order valence-corrected chi connectivity index (χ0v) is 19.2. The van der Waals surface area contributed by atoms with Gasteiger partial charge in [0.1, 0.15) is 5.75 Å². The van der Waals surface area contributed by atoms with Gasteiger partial charge in [0.05, 0.1) is 13.2 Å². The van der Waals surface area contributed by atoms with Gasteiger partial charge in [-0.05, 0) is 77.9 Å². The fourth-order valence-electron chi connectivity index (χ4n) is 4.22. The lowest BCUT2D eigenvalue weighted by Crippen LogP contribution is -2.26. The summed E-state index contributed by atoms with van der Waals surface area (Å²) in [5.41, 5.74) is 3.82. The molecule has 4 nitrogen and oxygen atoms in total. The van der Waals surface area contributed by atoms with E-state index < -0.39 is 0 Å². The van der Waals surface area contributed by atoms with Gasteiger partial charge in [-0.3, -0.25) is 4.90 Å². The third kappa shape index (κ3) is 7.21. The number of hydrogen-bond acceptors (Lipinski definition) is 3. The van der Waals surface area contributed by atoms with Gasteiger partial charge in [-0.25, -0.2) is 0 Å². The van der Waals surface area contributed by atoms with Crippen LogP contribution in [0, 0.1) is 0 Å². The van der Waals surface area contributed by atoms with E-state index in [0.717, 1.165) is 44.0 Å². The second-order valence-electron chi connectivity index (χ2n) is 8.62. The number of ether oxygens (including phenoxy) is 1. The monoisotopic (exact) mass is 442 g/mol. The van der Waals surface area contributed by atoms with Crippen molar-refractivity contribution in [1.82, 2.24) is 9.88 Å². The molecule has 0 aliphatic carbocycles. The van der Waals surface area contributed by atoms with Crippen molar-refractivity contribution in [3.05, 3.63) is 102 Å². The van der Waals surface area contributed by atoms with Gasteiger partial charge in [-0.15, -0.1) is 0 Å². The molecule has 0 saturated heterocycles. The van der Waals surface area contributed by atoms with Crippen LogP contribution >= 0.6 is 0 Å². The number of unbranched alkanes of at least 4 members (excludes halogenated alkanes) is 2. The minimum Gasteiger partial charge on any atom is -0.494 e. The van der Waals surface area contributed by atoms with Gasteiger partial charge in [0.15, 0.2) is 0 Å². The first-order valence-electron chi connectivity index (χ1n) is 11.9. The van der Waals surface area contributed by atoms with Crippen LogP contribution in [-0.4, -0.2) is 34.7 Å². The molecule has 0 atom stereocenters. The van der Waals surface area contributed by atoms with Gasteiger partial charge in [0.2, 0.25) is 0 Å². The zero-order valence-electron chi connectivity index (χ0n) is 19.2. The van der Waals surface area contributed by atoms with Crippen molar-refractivity contribution >= 4 is 10.8 Å². The molecule has 0 amide bonds. The van der Waals surface area contributed by atoms with Crippen LogP contribution in [0.3, 0.4) is 0 Å². The highest BCUT2D eigenvalue weighted by atomic mass is 16.5. The molecule has 4 aromatic rings. The van der Waals surface area contributed by atoms with Crippen LogP contribution in [0.1, 0.15) is 36.1 Å². The average molecular weight is 443 g/mol. The number of rotatable bonds is 13. The van der Waals surface area contributed by atoms with E-state index in [1.807, 2.05) is 12.3 Å². The van der Waals surface area contributed by atoms with Gasteiger partial charge >= 0.3 is 0 Å². The topological polar surface area (TPSA) is 48.5 Å². The molecule has 33 heavy (non-hydrogen) atoms. The largest absolute Gasteiger partial charge is 0.494 e. The van der Waals surface area contributed by atoms with Gasteiger partial charge in [-0.2, -0.15) is 0 Å². The number of nitrogens with one attached hydrogen (secondary N) is 1. The molecule has 2 N–H and O–H groups in total. The van der Waals surface area contributed by atoms with Crippen LogP contribution < -0.4 is 4.74 Å². The Morgan fingerprint density at radius 1 is 0.758 bits per heavy atom. The number of benzene rings is 3. The second-order valence-corrected chi connectivity index (χ2v) is 8.62. The quantitative estimate of drug-likeness (QED) is 0.251. The number of aliphatic hydroxyl groups is 1. The first kappa shape index (κ1) is 23.1. The van der Waals surface area contributed by atoms with Crippen LogP contribution in [0.2, 0.25) is 0 Å². The first-order chi connectivity index (χ1) is 16.3. The van der Waals surface area contributed by atoms with Crippen LogP contribution in [-0.2, 0) is 19.5 Å². The molecule has 0 aliphatic heterocycles. The molecule has 0 unspecified atom stereocenters. The van der Waals surface area contributed by atoms with Crippen molar-refractivity contribution < 1.29 is 9.84 Å². The standard InChI is InChI=1S/C29H34N2O2/c32-18-17-31(23-28-11-7-16-30-28)22-25-12-13-27-21-29(15-14-26(27)20-25)33-19-6-2-5-10-24-8-3-1-4-9-24/h1,3-4,7-9,11-16,20-21,30,32H,2,5-6,10,17-19,22-23H2. The molecule has 172 valence electrons. The SMILES string of the molecule is OCCN(Cc1ccc2cc(OCCCCCc3ccccc3)ccc2c1)Cc1ccc[nH]1. The number of fused-ring (bicyclic) bond motifs is 1. The highest BCUT2D eigenvalue weighted by Gasteiger charge is 2.08. The summed E-state index contributed by atoms with van der Waals surface area (Å²) in [5, 5.41) is 11.9. The van der Waals surface area contributed by atoms with Crippen molar-refractivity contribution in [2.75, 3.05) is 19.8 Å². The van der Waals surface area contributed by atoms with Crippen molar-refractivity contribution in [2.24, 2.45) is 0 Å². The Labute approximate surface area is 196 Å².